The van der Waals surface area contributed by atoms with Crippen LogP contribution in [-0.4, -0.2) is 18.7 Å². The normalized spacial score (nSPS) is 12.6. The minimum absolute atomic E-state index is 0.115. The average Bonchev–Trinajstić information content (AvgIpc) is 2.27. The first kappa shape index (κ1) is 16.0. The molecular formula is C17H29NO. The fraction of sp³-hybridized carbons (Fsp3) is 0.647. The number of ether oxygens (including phenoxy) is 1. The first-order valence-corrected chi connectivity index (χ1v) is 7.04. The summed E-state index contributed by atoms with van der Waals surface area (Å²) in [5, 5.41) is 3.54. The molecule has 0 aliphatic carbocycles. The van der Waals surface area contributed by atoms with Gasteiger partial charge >= 0.3 is 0 Å². The third-order valence-electron chi connectivity index (χ3n) is 3.06. The fourth-order valence-corrected chi connectivity index (χ4v) is 1.69. The molecule has 0 aliphatic heterocycles. The number of hydrogen-bond donors (Lipinski definition) is 1. The lowest BCUT2D eigenvalue weighted by Crippen LogP contribution is -2.43. The van der Waals surface area contributed by atoms with Crippen LogP contribution in [0.15, 0.2) is 18.2 Å². The van der Waals surface area contributed by atoms with Gasteiger partial charge < -0.3 is 10.1 Å². The second kappa shape index (κ2) is 5.96. The van der Waals surface area contributed by atoms with Crippen molar-refractivity contribution in [2.45, 2.75) is 54.0 Å². The minimum atomic E-state index is 0.115. The van der Waals surface area contributed by atoms with Crippen molar-refractivity contribution >= 4 is 0 Å². The van der Waals surface area contributed by atoms with E-state index in [9.17, 15) is 0 Å². The summed E-state index contributed by atoms with van der Waals surface area (Å²) in [6, 6.07) is 6.35. The van der Waals surface area contributed by atoms with Gasteiger partial charge in [-0.1, -0.05) is 26.0 Å². The van der Waals surface area contributed by atoms with Crippen molar-refractivity contribution in [1.29, 1.82) is 0 Å². The second-order valence-corrected chi connectivity index (χ2v) is 7.33. The van der Waals surface area contributed by atoms with Crippen LogP contribution in [0.3, 0.4) is 0 Å². The summed E-state index contributed by atoms with van der Waals surface area (Å²) >= 11 is 0. The molecule has 0 saturated heterocycles. The van der Waals surface area contributed by atoms with Gasteiger partial charge in [0.1, 0.15) is 5.75 Å². The maximum atomic E-state index is 6.01. The van der Waals surface area contributed by atoms with Crippen LogP contribution in [0.1, 0.15) is 45.7 Å². The predicted molar refractivity (Wildman–Crippen MR) is 82.9 cm³/mol. The zero-order valence-electron chi connectivity index (χ0n) is 13.6. The Morgan fingerprint density at radius 1 is 1.05 bits per heavy atom. The van der Waals surface area contributed by atoms with Crippen LogP contribution in [0.4, 0.5) is 0 Å². The molecule has 0 spiro atoms. The minimum Gasteiger partial charge on any atom is -0.493 e. The number of hydrogen-bond acceptors (Lipinski definition) is 2. The van der Waals surface area contributed by atoms with Crippen LogP contribution in [-0.2, 0) is 0 Å². The molecular weight excluding hydrogens is 234 g/mol. The lowest BCUT2D eigenvalue weighted by atomic mass is 9.93. The quantitative estimate of drug-likeness (QED) is 0.863. The van der Waals surface area contributed by atoms with Crippen molar-refractivity contribution in [3.05, 3.63) is 29.3 Å². The smallest absolute Gasteiger partial charge is 0.122 e. The van der Waals surface area contributed by atoms with E-state index in [2.05, 4.69) is 72.0 Å². The Labute approximate surface area is 118 Å². The Kier molecular flexibility index (Phi) is 5.03. The van der Waals surface area contributed by atoms with Gasteiger partial charge in [0.2, 0.25) is 0 Å². The SMILES string of the molecule is Cc1ccc(C)c(OCC(C)(C)CNC(C)(C)C)c1. The molecule has 1 aromatic carbocycles. The van der Waals surface area contributed by atoms with Crippen molar-refractivity contribution in [2.24, 2.45) is 5.41 Å². The molecule has 2 nitrogen and oxygen atoms in total. The monoisotopic (exact) mass is 263 g/mol. The molecule has 0 saturated carbocycles. The zero-order valence-corrected chi connectivity index (χ0v) is 13.6. The summed E-state index contributed by atoms with van der Waals surface area (Å²) < 4.78 is 6.01. The summed E-state index contributed by atoms with van der Waals surface area (Å²) in [5.41, 5.74) is 2.70. The summed E-state index contributed by atoms with van der Waals surface area (Å²) in [5.74, 6) is 1.00. The molecule has 2 heteroatoms. The van der Waals surface area contributed by atoms with E-state index in [4.69, 9.17) is 4.74 Å². The van der Waals surface area contributed by atoms with Crippen molar-refractivity contribution in [3.8, 4) is 5.75 Å². The van der Waals surface area contributed by atoms with Gasteiger partial charge in [0.15, 0.2) is 0 Å². The zero-order chi connectivity index (χ0) is 14.7. The Balaban J connectivity index is 2.57. The Hall–Kier alpha value is -1.02. The first-order chi connectivity index (χ1) is 8.59. The number of benzene rings is 1. The van der Waals surface area contributed by atoms with Crippen molar-refractivity contribution < 1.29 is 4.74 Å². The van der Waals surface area contributed by atoms with Gasteiger partial charge in [0, 0.05) is 17.5 Å². The first-order valence-electron chi connectivity index (χ1n) is 7.04. The van der Waals surface area contributed by atoms with Crippen LogP contribution in [0.5, 0.6) is 5.75 Å². The van der Waals surface area contributed by atoms with E-state index in [1.54, 1.807) is 0 Å². The summed E-state index contributed by atoms with van der Waals surface area (Å²) in [4.78, 5) is 0. The average molecular weight is 263 g/mol. The predicted octanol–water partition coefficient (Wildman–Crippen LogP) is 4.10. The molecule has 0 heterocycles. The molecule has 0 unspecified atom stereocenters. The summed E-state index contributed by atoms with van der Waals surface area (Å²) in [6.45, 7) is 16.9. The van der Waals surface area contributed by atoms with Crippen molar-refractivity contribution in [2.75, 3.05) is 13.2 Å². The molecule has 1 aromatic rings. The molecule has 0 aliphatic rings. The van der Waals surface area contributed by atoms with E-state index < -0.39 is 0 Å². The highest BCUT2D eigenvalue weighted by Crippen LogP contribution is 2.23. The van der Waals surface area contributed by atoms with Gasteiger partial charge in [-0.2, -0.15) is 0 Å². The highest BCUT2D eigenvalue weighted by atomic mass is 16.5. The van der Waals surface area contributed by atoms with E-state index in [-0.39, 0.29) is 11.0 Å². The van der Waals surface area contributed by atoms with Gasteiger partial charge in [-0.05, 0) is 51.8 Å². The molecule has 0 fully saturated rings. The van der Waals surface area contributed by atoms with Gasteiger partial charge in [-0.3, -0.25) is 0 Å². The molecule has 19 heavy (non-hydrogen) atoms. The largest absolute Gasteiger partial charge is 0.493 e. The van der Waals surface area contributed by atoms with Crippen LogP contribution < -0.4 is 10.1 Å². The molecule has 1 N–H and O–H groups in total. The number of nitrogens with one attached hydrogen (secondary N) is 1. The van der Waals surface area contributed by atoms with E-state index >= 15 is 0 Å². The van der Waals surface area contributed by atoms with Gasteiger partial charge in [-0.15, -0.1) is 0 Å². The summed E-state index contributed by atoms with van der Waals surface area (Å²) in [6.07, 6.45) is 0. The summed E-state index contributed by atoms with van der Waals surface area (Å²) in [7, 11) is 0. The fourth-order valence-electron chi connectivity index (χ4n) is 1.69. The molecule has 0 bridgehead atoms. The van der Waals surface area contributed by atoms with Crippen LogP contribution in [0.25, 0.3) is 0 Å². The highest BCUT2D eigenvalue weighted by Gasteiger charge is 2.22. The van der Waals surface area contributed by atoms with Gasteiger partial charge in [0.25, 0.3) is 0 Å². The van der Waals surface area contributed by atoms with E-state index in [0.29, 0.717) is 0 Å². The van der Waals surface area contributed by atoms with Gasteiger partial charge in [0.05, 0.1) is 6.61 Å². The molecule has 0 aromatic heterocycles. The Bertz CT molecular complexity index is 416. The Morgan fingerprint density at radius 3 is 2.26 bits per heavy atom. The maximum Gasteiger partial charge on any atom is 0.122 e. The maximum absolute atomic E-state index is 6.01. The highest BCUT2D eigenvalue weighted by molar-refractivity contribution is 5.35. The second-order valence-electron chi connectivity index (χ2n) is 7.33. The topological polar surface area (TPSA) is 21.3 Å². The molecule has 0 atom stereocenters. The van der Waals surface area contributed by atoms with E-state index in [1.165, 1.54) is 11.1 Å². The van der Waals surface area contributed by atoms with Crippen molar-refractivity contribution in [1.82, 2.24) is 5.32 Å². The molecule has 108 valence electrons. The van der Waals surface area contributed by atoms with Crippen LogP contribution in [0, 0.1) is 19.3 Å². The molecule has 1 rings (SSSR count). The molecule has 0 radical (unpaired) electrons. The third-order valence-corrected chi connectivity index (χ3v) is 3.06. The third kappa shape index (κ3) is 6.11. The number of aryl methyl sites for hydroxylation is 2. The van der Waals surface area contributed by atoms with E-state index in [0.717, 1.165) is 18.9 Å². The number of rotatable bonds is 5. The molecule has 0 amide bonds. The van der Waals surface area contributed by atoms with Gasteiger partial charge in [-0.25, -0.2) is 0 Å². The standard InChI is InChI=1S/C17H29NO/c1-13-8-9-14(2)15(10-13)19-12-17(6,7)11-18-16(3,4)5/h8-10,18H,11-12H2,1-7H3. The van der Waals surface area contributed by atoms with E-state index in [1.807, 2.05) is 0 Å². The lowest BCUT2D eigenvalue weighted by molar-refractivity contribution is 0.165. The van der Waals surface area contributed by atoms with Crippen LogP contribution >= 0.6 is 0 Å². The Morgan fingerprint density at radius 2 is 1.68 bits per heavy atom. The van der Waals surface area contributed by atoms with Crippen molar-refractivity contribution in [3.63, 3.8) is 0 Å². The lowest BCUT2D eigenvalue weighted by Gasteiger charge is -2.30. The van der Waals surface area contributed by atoms with Crippen LogP contribution in [0.2, 0.25) is 0 Å².